The molecule has 0 bridgehead atoms. The molecule has 0 aliphatic carbocycles. The van der Waals surface area contributed by atoms with E-state index in [-0.39, 0.29) is 19.0 Å². The van der Waals surface area contributed by atoms with Crippen LogP contribution in [0.1, 0.15) is 55.5 Å². The molecule has 2 aromatic rings. The Balaban J connectivity index is 1.95. The molecule has 0 aliphatic heterocycles. The van der Waals surface area contributed by atoms with Crippen molar-refractivity contribution in [3.8, 4) is 5.75 Å². The molecule has 0 radical (unpaired) electrons. The Labute approximate surface area is 191 Å². The van der Waals surface area contributed by atoms with Crippen LogP contribution in [0.4, 0.5) is 0 Å². The summed E-state index contributed by atoms with van der Waals surface area (Å²) >= 11 is 0. The number of benzene rings is 2. The Bertz CT molecular complexity index is 846. The number of hydrogen-bond acceptors (Lipinski definition) is 5. The van der Waals surface area contributed by atoms with Crippen molar-refractivity contribution in [1.29, 1.82) is 0 Å². The number of carbonyl (C=O) groups excluding carboxylic acids is 2. The highest BCUT2D eigenvalue weighted by molar-refractivity contribution is 6.09. The molecule has 0 aliphatic rings. The minimum Gasteiger partial charge on any atom is -0.490 e. The summed E-state index contributed by atoms with van der Waals surface area (Å²) in [5, 5.41) is 0. The van der Waals surface area contributed by atoms with Gasteiger partial charge in [0.15, 0.2) is 11.9 Å². The number of esters is 1. The first-order valence-electron chi connectivity index (χ1n) is 11.3. The van der Waals surface area contributed by atoms with Crippen LogP contribution in [0, 0.1) is 5.92 Å². The zero-order valence-corrected chi connectivity index (χ0v) is 19.1. The van der Waals surface area contributed by atoms with Crippen LogP contribution in [0.25, 0.3) is 0 Å². The normalized spacial score (nSPS) is 12.6. The van der Waals surface area contributed by atoms with Crippen molar-refractivity contribution in [3.05, 3.63) is 78.4 Å². The van der Waals surface area contributed by atoms with E-state index >= 15 is 0 Å². The molecule has 0 fully saturated rings. The Morgan fingerprint density at radius 2 is 1.72 bits per heavy atom. The van der Waals surface area contributed by atoms with Gasteiger partial charge >= 0.3 is 5.97 Å². The van der Waals surface area contributed by atoms with Crippen LogP contribution in [-0.4, -0.2) is 37.7 Å². The van der Waals surface area contributed by atoms with Crippen molar-refractivity contribution in [2.45, 2.75) is 45.6 Å². The minimum absolute atomic E-state index is 0.0771. The zero-order chi connectivity index (χ0) is 23.2. The van der Waals surface area contributed by atoms with Crippen LogP contribution in [0.3, 0.4) is 0 Å². The van der Waals surface area contributed by atoms with Gasteiger partial charge in [0.1, 0.15) is 12.4 Å². The maximum atomic E-state index is 12.7. The number of ether oxygens (including phenoxy) is 3. The van der Waals surface area contributed by atoms with Gasteiger partial charge in [0.05, 0.1) is 6.61 Å². The number of ketones is 1. The van der Waals surface area contributed by atoms with Gasteiger partial charge in [0.2, 0.25) is 0 Å². The molecular formula is C27H34O5. The topological polar surface area (TPSA) is 61.8 Å². The van der Waals surface area contributed by atoms with Gasteiger partial charge in [-0.25, -0.2) is 4.79 Å². The fourth-order valence-electron chi connectivity index (χ4n) is 3.27. The second-order valence-electron chi connectivity index (χ2n) is 7.75. The predicted octanol–water partition coefficient (Wildman–Crippen LogP) is 5.63. The van der Waals surface area contributed by atoms with E-state index in [2.05, 4.69) is 20.4 Å². The monoisotopic (exact) mass is 438 g/mol. The van der Waals surface area contributed by atoms with E-state index in [1.165, 1.54) is 6.42 Å². The summed E-state index contributed by atoms with van der Waals surface area (Å²) in [6.45, 7) is 8.78. The summed E-state index contributed by atoms with van der Waals surface area (Å²) < 4.78 is 17.1. The Morgan fingerprint density at radius 3 is 2.41 bits per heavy atom. The molecule has 5 heteroatoms. The third kappa shape index (κ3) is 8.67. The molecular weight excluding hydrogens is 404 g/mol. The molecule has 0 N–H and O–H groups in total. The van der Waals surface area contributed by atoms with Gasteiger partial charge in [0.25, 0.3) is 0 Å². The van der Waals surface area contributed by atoms with Crippen LogP contribution in [0.5, 0.6) is 5.75 Å². The molecule has 2 unspecified atom stereocenters. The van der Waals surface area contributed by atoms with Crippen LogP contribution in [0.15, 0.2) is 67.3 Å². The first-order chi connectivity index (χ1) is 15.6. The summed E-state index contributed by atoms with van der Waals surface area (Å²) in [6.07, 6.45) is 5.08. The smallest absolute Gasteiger partial charge is 0.330 e. The van der Waals surface area contributed by atoms with Crippen LogP contribution in [0.2, 0.25) is 0 Å². The summed E-state index contributed by atoms with van der Waals surface area (Å²) in [5.41, 5.74) is 1.15. The highest BCUT2D eigenvalue weighted by atomic mass is 16.6. The standard InChI is InChI=1S/C27H34O5/c1-4-7-12-21(5-2)18-30-19-25(32-26(28)6-3)20-31-24-16-11-15-23(17-24)27(29)22-13-9-8-10-14-22/h6,8-11,13-17,21,25H,3-5,7,12,18-20H2,1-2H3. The number of carbonyl (C=O) groups is 2. The summed E-state index contributed by atoms with van der Waals surface area (Å²) in [5.74, 6) is 0.424. The minimum atomic E-state index is -0.572. The number of hydrogen-bond donors (Lipinski definition) is 0. The molecule has 0 aromatic heterocycles. The summed E-state index contributed by atoms with van der Waals surface area (Å²) in [7, 11) is 0. The van der Waals surface area contributed by atoms with E-state index in [9.17, 15) is 9.59 Å². The average Bonchev–Trinajstić information content (AvgIpc) is 2.84. The average molecular weight is 439 g/mol. The molecule has 0 heterocycles. The van der Waals surface area contributed by atoms with E-state index in [0.29, 0.717) is 29.4 Å². The number of unbranched alkanes of at least 4 members (excludes halogenated alkanes) is 1. The molecule has 0 amide bonds. The molecule has 2 aromatic carbocycles. The van der Waals surface area contributed by atoms with Gasteiger partial charge in [-0.3, -0.25) is 4.79 Å². The van der Waals surface area contributed by atoms with Gasteiger partial charge in [-0.1, -0.05) is 82.2 Å². The molecule has 0 saturated carbocycles. The second kappa shape index (κ2) is 14.2. The van der Waals surface area contributed by atoms with Gasteiger partial charge in [-0.2, -0.15) is 0 Å². The van der Waals surface area contributed by atoms with Crippen molar-refractivity contribution in [3.63, 3.8) is 0 Å². The van der Waals surface area contributed by atoms with Crippen LogP contribution >= 0.6 is 0 Å². The van der Waals surface area contributed by atoms with Crippen molar-refractivity contribution < 1.29 is 23.8 Å². The maximum Gasteiger partial charge on any atom is 0.330 e. The molecule has 32 heavy (non-hydrogen) atoms. The third-order valence-corrected chi connectivity index (χ3v) is 5.22. The third-order valence-electron chi connectivity index (χ3n) is 5.22. The fourth-order valence-corrected chi connectivity index (χ4v) is 3.27. The van der Waals surface area contributed by atoms with Gasteiger partial charge in [-0.15, -0.1) is 0 Å². The molecule has 5 nitrogen and oxygen atoms in total. The lowest BCUT2D eigenvalue weighted by Gasteiger charge is -2.20. The molecule has 2 rings (SSSR count). The Morgan fingerprint density at radius 1 is 0.969 bits per heavy atom. The van der Waals surface area contributed by atoms with E-state index in [0.717, 1.165) is 25.3 Å². The molecule has 2 atom stereocenters. The zero-order valence-electron chi connectivity index (χ0n) is 19.1. The van der Waals surface area contributed by atoms with Crippen LogP contribution in [-0.2, 0) is 14.3 Å². The Hall–Kier alpha value is -2.92. The lowest BCUT2D eigenvalue weighted by molar-refractivity contribution is -0.148. The van der Waals surface area contributed by atoms with Crippen LogP contribution < -0.4 is 4.74 Å². The van der Waals surface area contributed by atoms with Gasteiger partial charge in [-0.05, 0) is 24.5 Å². The van der Waals surface area contributed by atoms with E-state index in [1.807, 2.05) is 18.2 Å². The SMILES string of the molecule is C=CC(=O)OC(COCC(CC)CCCC)COc1cccc(C(=O)c2ccccc2)c1. The molecule has 0 saturated heterocycles. The fraction of sp³-hybridized carbons (Fsp3) is 0.407. The van der Waals surface area contributed by atoms with Crippen molar-refractivity contribution in [2.75, 3.05) is 19.8 Å². The van der Waals surface area contributed by atoms with Gasteiger partial charge in [0, 0.05) is 23.8 Å². The quantitative estimate of drug-likeness (QED) is 0.205. The molecule has 172 valence electrons. The summed E-state index contributed by atoms with van der Waals surface area (Å²) in [4.78, 5) is 24.4. The Kier molecular flexibility index (Phi) is 11.2. The van der Waals surface area contributed by atoms with E-state index < -0.39 is 12.1 Å². The lowest BCUT2D eigenvalue weighted by atomic mass is 10.0. The van der Waals surface area contributed by atoms with E-state index in [4.69, 9.17) is 14.2 Å². The lowest BCUT2D eigenvalue weighted by Crippen LogP contribution is -2.30. The summed E-state index contributed by atoms with van der Waals surface area (Å²) in [6, 6.07) is 16.1. The first kappa shape index (κ1) is 25.3. The van der Waals surface area contributed by atoms with Crippen molar-refractivity contribution in [1.82, 2.24) is 0 Å². The van der Waals surface area contributed by atoms with Gasteiger partial charge < -0.3 is 14.2 Å². The largest absolute Gasteiger partial charge is 0.490 e. The predicted molar refractivity (Wildman–Crippen MR) is 126 cm³/mol. The van der Waals surface area contributed by atoms with Crippen molar-refractivity contribution >= 4 is 11.8 Å². The first-order valence-corrected chi connectivity index (χ1v) is 11.3. The van der Waals surface area contributed by atoms with Crippen molar-refractivity contribution in [2.24, 2.45) is 5.92 Å². The number of rotatable bonds is 15. The maximum absolute atomic E-state index is 12.7. The highest BCUT2D eigenvalue weighted by Crippen LogP contribution is 2.18. The highest BCUT2D eigenvalue weighted by Gasteiger charge is 2.17. The molecule has 0 spiro atoms. The van der Waals surface area contributed by atoms with E-state index in [1.54, 1.807) is 36.4 Å². The second-order valence-corrected chi connectivity index (χ2v) is 7.75.